The van der Waals surface area contributed by atoms with Crippen LogP contribution >= 0.6 is 0 Å². The minimum atomic E-state index is -0.857. The summed E-state index contributed by atoms with van der Waals surface area (Å²) in [5.41, 5.74) is 1.93. The Morgan fingerprint density at radius 1 is 1.09 bits per heavy atom. The second-order valence-corrected chi connectivity index (χ2v) is 12.9. The molecule has 0 spiro atoms. The molecule has 4 saturated heterocycles. The highest BCUT2D eigenvalue weighted by molar-refractivity contribution is 6.01. The van der Waals surface area contributed by atoms with E-state index in [-0.39, 0.29) is 22.6 Å². The molecule has 43 heavy (non-hydrogen) atoms. The molecule has 6 heterocycles. The number of alkyl halides is 1. The van der Waals surface area contributed by atoms with Gasteiger partial charge in [0, 0.05) is 61.4 Å². The van der Waals surface area contributed by atoms with Gasteiger partial charge < -0.3 is 15.0 Å². The summed E-state index contributed by atoms with van der Waals surface area (Å²) in [6.07, 6.45) is 5.91. The lowest BCUT2D eigenvalue weighted by molar-refractivity contribution is 0.111. The van der Waals surface area contributed by atoms with Gasteiger partial charge in [0.15, 0.2) is 5.82 Å². The number of aryl methyl sites for hydroxylation is 1. The number of nitrogens with one attached hydrogen (secondary N) is 1. The van der Waals surface area contributed by atoms with Crippen molar-refractivity contribution < 1.29 is 17.9 Å². The summed E-state index contributed by atoms with van der Waals surface area (Å²) in [6.45, 7) is 5.15. The lowest BCUT2D eigenvalue weighted by Gasteiger charge is -2.35. The molecule has 0 aliphatic carbocycles. The van der Waals surface area contributed by atoms with Gasteiger partial charge in [0.1, 0.15) is 29.8 Å². The Morgan fingerprint density at radius 2 is 1.93 bits per heavy atom. The minimum absolute atomic E-state index is 0.144. The molecule has 9 heteroatoms. The van der Waals surface area contributed by atoms with Crippen molar-refractivity contribution in [1.29, 1.82) is 0 Å². The van der Waals surface area contributed by atoms with E-state index in [2.05, 4.69) is 20.1 Å². The predicted octanol–water partition coefficient (Wildman–Crippen LogP) is 6.19. The average molecular weight is 588 g/mol. The van der Waals surface area contributed by atoms with E-state index in [1.54, 1.807) is 18.3 Å². The summed E-state index contributed by atoms with van der Waals surface area (Å²) in [5.74, 6) is -0.520. The number of fused-ring (bicyclic) bond motifs is 5. The quantitative estimate of drug-likeness (QED) is 0.291. The molecule has 4 aliphatic heterocycles. The van der Waals surface area contributed by atoms with Gasteiger partial charge in [-0.25, -0.2) is 18.2 Å². The Balaban J connectivity index is 1.26. The fraction of sp³-hybridized carbons (Fsp3) is 0.471. The first-order chi connectivity index (χ1) is 20.9. The number of piperazine rings is 1. The first kappa shape index (κ1) is 27.1. The minimum Gasteiger partial charge on any atom is -0.476 e. The molecule has 8 rings (SSSR count). The number of benzene rings is 2. The number of ether oxygens (including phenoxy) is 1. The summed E-state index contributed by atoms with van der Waals surface area (Å²) in [5, 5.41) is 5.80. The second kappa shape index (κ2) is 10.3. The predicted molar refractivity (Wildman–Crippen MR) is 162 cm³/mol. The Labute approximate surface area is 249 Å². The van der Waals surface area contributed by atoms with Crippen molar-refractivity contribution in [3.05, 3.63) is 59.8 Å². The molecule has 0 saturated carbocycles. The van der Waals surface area contributed by atoms with Crippen molar-refractivity contribution in [3.8, 4) is 17.1 Å². The van der Waals surface area contributed by atoms with Crippen LogP contribution in [0.3, 0.4) is 0 Å². The molecular formula is C34H36F3N5O. The molecule has 4 atom stereocenters. The van der Waals surface area contributed by atoms with Crippen LogP contribution in [0.5, 0.6) is 5.88 Å². The van der Waals surface area contributed by atoms with E-state index in [0.29, 0.717) is 65.9 Å². The van der Waals surface area contributed by atoms with Crippen LogP contribution in [0.2, 0.25) is 0 Å². The number of nitrogens with zero attached hydrogens (tertiary/aromatic N) is 4. The zero-order valence-corrected chi connectivity index (χ0v) is 24.4. The molecule has 0 amide bonds. The summed E-state index contributed by atoms with van der Waals surface area (Å²) in [6, 6.07) is 11.4. The van der Waals surface area contributed by atoms with Crippen molar-refractivity contribution >= 4 is 27.4 Å². The second-order valence-electron chi connectivity index (χ2n) is 12.9. The number of aromatic nitrogens is 2. The number of rotatable bonds is 6. The number of anilines is 1. The normalized spacial score (nSPS) is 27.0. The molecule has 1 N–H and O–H groups in total. The Kier molecular flexibility index (Phi) is 6.53. The standard InChI is InChI=1S/C34H36F3N5O/c1-2-24-27(36)10-7-20-5-3-6-25(30(20)24)32-31(37)33-26(15-38-32)28(41-17-22-8-9-23(18-41)39-22)13-29(40-33)43-19-34-11-4-12-42(34)16-21(35)14-34/h3,5-7,10,13,15,21-23,39H,2,4,8-9,11-12,14,16-19H2,1H3/t21-,22-,23+,34+/m1/s1. The van der Waals surface area contributed by atoms with Crippen molar-refractivity contribution in [3.63, 3.8) is 0 Å². The van der Waals surface area contributed by atoms with Gasteiger partial charge in [0.2, 0.25) is 5.88 Å². The fourth-order valence-corrected chi connectivity index (χ4v) is 8.26. The van der Waals surface area contributed by atoms with E-state index >= 15 is 4.39 Å². The monoisotopic (exact) mass is 587 g/mol. The number of pyridine rings is 2. The highest BCUT2D eigenvalue weighted by Crippen LogP contribution is 2.42. The zero-order valence-electron chi connectivity index (χ0n) is 24.4. The van der Waals surface area contributed by atoms with Gasteiger partial charge in [-0.2, -0.15) is 0 Å². The molecule has 224 valence electrons. The first-order valence-corrected chi connectivity index (χ1v) is 15.6. The molecule has 6 nitrogen and oxygen atoms in total. The molecule has 4 aliphatic rings. The fourth-order valence-electron chi connectivity index (χ4n) is 8.26. The van der Waals surface area contributed by atoms with Crippen LogP contribution in [0.15, 0.2) is 42.6 Å². The van der Waals surface area contributed by atoms with Crippen LogP contribution in [0, 0.1) is 11.6 Å². The maximum atomic E-state index is 16.8. The molecule has 2 aromatic carbocycles. The van der Waals surface area contributed by atoms with Gasteiger partial charge in [-0.3, -0.25) is 9.88 Å². The lowest BCUT2D eigenvalue weighted by atomic mass is 9.94. The zero-order chi connectivity index (χ0) is 29.3. The third-order valence-electron chi connectivity index (χ3n) is 10.3. The van der Waals surface area contributed by atoms with E-state index in [1.165, 1.54) is 6.07 Å². The van der Waals surface area contributed by atoms with Crippen LogP contribution in [-0.2, 0) is 6.42 Å². The lowest BCUT2D eigenvalue weighted by Crippen LogP contribution is -2.51. The molecule has 4 fully saturated rings. The van der Waals surface area contributed by atoms with Crippen LogP contribution < -0.4 is 15.0 Å². The third kappa shape index (κ3) is 4.46. The van der Waals surface area contributed by atoms with Crippen molar-refractivity contribution in [1.82, 2.24) is 20.2 Å². The molecular weight excluding hydrogens is 551 g/mol. The summed E-state index contributed by atoms with van der Waals surface area (Å²) in [7, 11) is 0. The summed E-state index contributed by atoms with van der Waals surface area (Å²) in [4.78, 5) is 13.9. The topological polar surface area (TPSA) is 53.5 Å². The Morgan fingerprint density at radius 3 is 2.74 bits per heavy atom. The largest absolute Gasteiger partial charge is 0.476 e. The Hall–Kier alpha value is -3.43. The molecule has 0 unspecified atom stereocenters. The van der Waals surface area contributed by atoms with Crippen LogP contribution in [0.25, 0.3) is 32.9 Å². The number of halogens is 3. The number of hydrogen-bond donors (Lipinski definition) is 1. The van der Waals surface area contributed by atoms with Crippen LogP contribution in [-0.4, -0.2) is 71.4 Å². The van der Waals surface area contributed by atoms with E-state index in [1.807, 2.05) is 25.1 Å². The molecule has 2 aromatic heterocycles. The van der Waals surface area contributed by atoms with Crippen molar-refractivity contribution in [2.75, 3.05) is 37.7 Å². The van der Waals surface area contributed by atoms with Crippen molar-refractivity contribution in [2.24, 2.45) is 0 Å². The first-order valence-electron chi connectivity index (χ1n) is 15.6. The van der Waals surface area contributed by atoms with Gasteiger partial charge in [-0.1, -0.05) is 31.2 Å². The SMILES string of the molecule is CCc1c(F)ccc2cccc(-c3ncc4c(N5C[C@H]6CC[C@@H](C5)N6)cc(OC[C@@]56CCCN5C[C@H](F)C6)nc4c3F)c12. The van der Waals surface area contributed by atoms with E-state index in [9.17, 15) is 8.78 Å². The molecule has 0 radical (unpaired) electrons. The maximum absolute atomic E-state index is 16.8. The summed E-state index contributed by atoms with van der Waals surface area (Å²) < 4.78 is 52.5. The number of hydrogen-bond acceptors (Lipinski definition) is 6. The van der Waals surface area contributed by atoms with E-state index in [0.717, 1.165) is 56.4 Å². The third-order valence-corrected chi connectivity index (χ3v) is 10.3. The van der Waals surface area contributed by atoms with E-state index < -0.39 is 12.0 Å². The van der Waals surface area contributed by atoms with Crippen LogP contribution in [0.4, 0.5) is 18.9 Å². The molecule has 4 aromatic rings. The van der Waals surface area contributed by atoms with Crippen LogP contribution in [0.1, 0.15) is 44.6 Å². The summed E-state index contributed by atoms with van der Waals surface area (Å²) >= 11 is 0. The van der Waals surface area contributed by atoms with E-state index in [4.69, 9.17) is 9.72 Å². The highest BCUT2D eigenvalue weighted by atomic mass is 19.1. The highest BCUT2D eigenvalue weighted by Gasteiger charge is 2.49. The van der Waals surface area contributed by atoms with Gasteiger partial charge in [-0.05, 0) is 61.1 Å². The van der Waals surface area contributed by atoms with Gasteiger partial charge in [-0.15, -0.1) is 0 Å². The van der Waals surface area contributed by atoms with Gasteiger partial charge >= 0.3 is 0 Å². The average Bonchev–Trinajstić information content (AvgIpc) is 3.66. The maximum Gasteiger partial charge on any atom is 0.216 e. The van der Waals surface area contributed by atoms with Crippen molar-refractivity contribution in [2.45, 2.75) is 69.2 Å². The van der Waals surface area contributed by atoms with Gasteiger partial charge in [0.25, 0.3) is 0 Å². The molecule has 2 bridgehead atoms. The smallest absolute Gasteiger partial charge is 0.216 e. The Bertz CT molecular complexity index is 1720. The van der Waals surface area contributed by atoms with Gasteiger partial charge in [0.05, 0.1) is 11.2 Å².